The summed E-state index contributed by atoms with van der Waals surface area (Å²) in [5.41, 5.74) is 3.44. The number of halogens is 2. The van der Waals surface area contributed by atoms with Gasteiger partial charge in [0.1, 0.15) is 0 Å². The van der Waals surface area contributed by atoms with Gasteiger partial charge in [0.05, 0.1) is 13.2 Å². The minimum atomic E-state index is 0.570. The Morgan fingerprint density at radius 1 is 1.04 bits per heavy atom. The van der Waals surface area contributed by atoms with E-state index in [1.165, 1.54) is 11.3 Å². The van der Waals surface area contributed by atoms with Crippen LogP contribution in [-0.2, 0) is 17.8 Å². The summed E-state index contributed by atoms with van der Waals surface area (Å²) in [5, 5.41) is 7.94. The van der Waals surface area contributed by atoms with Crippen molar-refractivity contribution >= 4 is 34.8 Å². The largest absolute Gasteiger partial charge is 0.378 e. The molecule has 0 bridgehead atoms. The Labute approximate surface area is 170 Å². The summed E-state index contributed by atoms with van der Waals surface area (Å²) in [4.78, 5) is 6.66. The standard InChI is InChI=1S/C20H24Cl2N4O/c1-23-20(24-13-15-6-7-17(21)12-18(15)22)25-14-16-4-2-3-5-19(16)26-8-10-27-11-9-26/h2-7,12H,8-11,13-14H2,1H3,(H2,23,24,25). The van der Waals surface area contributed by atoms with Gasteiger partial charge < -0.3 is 20.3 Å². The summed E-state index contributed by atoms with van der Waals surface area (Å²) >= 11 is 12.2. The molecule has 2 N–H and O–H groups in total. The first-order chi connectivity index (χ1) is 13.2. The molecule has 144 valence electrons. The molecular weight excluding hydrogens is 383 g/mol. The summed E-state index contributed by atoms with van der Waals surface area (Å²) in [6.07, 6.45) is 0. The van der Waals surface area contributed by atoms with Crippen LogP contribution in [0, 0.1) is 0 Å². The van der Waals surface area contributed by atoms with Gasteiger partial charge in [-0.1, -0.05) is 47.5 Å². The van der Waals surface area contributed by atoms with Crippen LogP contribution in [0.25, 0.3) is 0 Å². The van der Waals surface area contributed by atoms with Crippen LogP contribution < -0.4 is 15.5 Å². The molecule has 27 heavy (non-hydrogen) atoms. The van der Waals surface area contributed by atoms with E-state index in [4.69, 9.17) is 27.9 Å². The Balaban J connectivity index is 1.59. The van der Waals surface area contributed by atoms with E-state index in [1.807, 2.05) is 12.1 Å². The number of nitrogens with one attached hydrogen (secondary N) is 2. The van der Waals surface area contributed by atoms with E-state index in [9.17, 15) is 0 Å². The van der Waals surface area contributed by atoms with Crippen molar-refractivity contribution in [2.75, 3.05) is 38.3 Å². The fourth-order valence-electron chi connectivity index (χ4n) is 3.02. The molecule has 5 nitrogen and oxygen atoms in total. The fraction of sp³-hybridized carbons (Fsp3) is 0.350. The molecule has 0 saturated carbocycles. The fourth-order valence-corrected chi connectivity index (χ4v) is 3.49. The lowest BCUT2D eigenvalue weighted by Crippen LogP contribution is -2.39. The first-order valence-corrected chi connectivity index (χ1v) is 9.72. The van der Waals surface area contributed by atoms with Gasteiger partial charge in [0.15, 0.2) is 5.96 Å². The molecule has 0 radical (unpaired) electrons. The quantitative estimate of drug-likeness (QED) is 0.586. The zero-order valence-electron chi connectivity index (χ0n) is 15.3. The predicted molar refractivity (Wildman–Crippen MR) is 113 cm³/mol. The smallest absolute Gasteiger partial charge is 0.191 e. The molecule has 0 atom stereocenters. The number of aliphatic imine (C=N–C) groups is 1. The summed E-state index contributed by atoms with van der Waals surface area (Å²) < 4.78 is 5.46. The number of rotatable bonds is 5. The minimum absolute atomic E-state index is 0.570. The van der Waals surface area contributed by atoms with Crippen LogP contribution in [0.15, 0.2) is 47.5 Å². The van der Waals surface area contributed by atoms with Crippen molar-refractivity contribution in [2.45, 2.75) is 13.1 Å². The SMILES string of the molecule is CN=C(NCc1ccc(Cl)cc1Cl)NCc1ccccc1N1CCOCC1. The molecule has 0 amide bonds. The predicted octanol–water partition coefficient (Wildman–Crippen LogP) is 3.70. The second kappa shape index (κ2) is 9.83. The number of nitrogens with zero attached hydrogens (tertiary/aromatic N) is 2. The van der Waals surface area contributed by atoms with Gasteiger partial charge >= 0.3 is 0 Å². The Kier molecular flexibility index (Phi) is 7.21. The molecular formula is C20H24Cl2N4O. The molecule has 0 unspecified atom stereocenters. The molecule has 1 aliphatic rings. The van der Waals surface area contributed by atoms with E-state index < -0.39 is 0 Å². The number of para-hydroxylation sites is 1. The average Bonchev–Trinajstić information content (AvgIpc) is 2.70. The first kappa shape index (κ1) is 19.8. The van der Waals surface area contributed by atoms with Gasteiger partial charge in [0, 0.05) is 49.0 Å². The molecule has 1 heterocycles. The third kappa shape index (κ3) is 5.51. The highest BCUT2D eigenvalue weighted by molar-refractivity contribution is 6.35. The number of guanidine groups is 1. The number of hydrogen-bond acceptors (Lipinski definition) is 3. The average molecular weight is 407 g/mol. The maximum absolute atomic E-state index is 6.24. The van der Waals surface area contributed by atoms with Crippen LogP contribution in [0.1, 0.15) is 11.1 Å². The van der Waals surface area contributed by atoms with E-state index >= 15 is 0 Å². The van der Waals surface area contributed by atoms with Gasteiger partial charge in [0.2, 0.25) is 0 Å². The highest BCUT2D eigenvalue weighted by Gasteiger charge is 2.14. The lowest BCUT2D eigenvalue weighted by Gasteiger charge is -2.30. The Morgan fingerprint density at radius 3 is 2.44 bits per heavy atom. The number of morpholine rings is 1. The third-order valence-electron chi connectivity index (χ3n) is 4.47. The molecule has 0 aliphatic carbocycles. The minimum Gasteiger partial charge on any atom is -0.378 e. The summed E-state index contributed by atoms with van der Waals surface area (Å²) in [5.74, 6) is 0.720. The van der Waals surface area contributed by atoms with Crippen molar-refractivity contribution in [2.24, 2.45) is 4.99 Å². The normalized spacial score (nSPS) is 14.9. The van der Waals surface area contributed by atoms with Crippen molar-refractivity contribution in [1.29, 1.82) is 0 Å². The van der Waals surface area contributed by atoms with Crippen molar-refractivity contribution in [1.82, 2.24) is 10.6 Å². The third-order valence-corrected chi connectivity index (χ3v) is 5.06. The van der Waals surface area contributed by atoms with Gasteiger partial charge in [-0.2, -0.15) is 0 Å². The topological polar surface area (TPSA) is 48.9 Å². The molecule has 1 aliphatic heterocycles. The summed E-state index contributed by atoms with van der Waals surface area (Å²) in [6.45, 7) is 4.63. The number of hydrogen-bond donors (Lipinski definition) is 2. The van der Waals surface area contributed by atoms with Crippen molar-refractivity contribution in [3.05, 3.63) is 63.6 Å². The van der Waals surface area contributed by atoms with Crippen LogP contribution in [0.5, 0.6) is 0 Å². The van der Waals surface area contributed by atoms with Crippen molar-refractivity contribution < 1.29 is 4.74 Å². The molecule has 0 spiro atoms. The highest BCUT2D eigenvalue weighted by Crippen LogP contribution is 2.22. The lowest BCUT2D eigenvalue weighted by molar-refractivity contribution is 0.122. The monoisotopic (exact) mass is 406 g/mol. The van der Waals surface area contributed by atoms with E-state index in [0.717, 1.165) is 37.8 Å². The molecule has 7 heteroatoms. The van der Waals surface area contributed by atoms with Gasteiger partial charge in [-0.3, -0.25) is 4.99 Å². The molecule has 3 rings (SSSR count). The Hall–Kier alpha value is -1.95. The van der Waals surface area contributed by atoms with E-state index in [2.05, 4.69) is 44.8 Å². The van der Waals surface area contributed by atoms with Gasteiger partial charge in [-0.25, -0.2) is 0 Å². The second-order valence-electron chi connectivity index (χ2n) is 6.24. The van der Waals surface area contributed by atoms with E-state index in [-0.39, 0.29) is 0 Å². The van der Waals surface area contributed by atoms with Crippen molar-refractivity contribution in [3.63, 3.8) is 0 Å². The van der Waals surface area contributed by atoms with Crippen LogP contribution in [0.2, 0.25) is 10.0 Å². The summed E-state index contributed by atoms with van der Waals surface area (Å²) in [7, 11) is 1.76. The highest BCUT2D eigenvalue weighted by atomic mass is 35.5. The number of benzene rings is 2. The first-order valence-electron chi connectivity index (χ1n) is 8.96. The Bertz CT molecular complexity index is 791. The zero-order chi connectivity index (χ0) is 19.1. The molecule has 1 fully saturated rings. The molecule has 1 saturated heterocycles. The maximum Gasteiger partial charge on any atom is 0.191 e. The van der Waals surface area contributed by atoms with Crippen LogP contribution >= 0.6 is 23.2 Å². The number of anilines is 1. The lowest BCUT2D eigenvalue weighted by atomic mass is 10.1. The molecule has 2 aromatic rings. The number of ether oxygens (including phenoxy) is 1. The van der Waals surface area contributed by atoms with Gasteiger partial charge in [-0.15, -0.1) is 0 Å². The van der Waals surface area contributed by atoms with Crippen molar-refractivity contribution in [3.8, 4) is 0 Å². The molecule has 2 aromatic carbocycles. The van der Waals surface area contributed by atoms with Crippen LogP contribution in [0.3, 0.4) is 0 Å². The van der Waals surface area contributed by atoms with E-state index in [1.54, 1.807) is 13.1 Å². The van der Waals surface area contributed by atoms with Crippen LogP contribution in [-0.4, -0.2) is 39.3 Å². The maximum atomic E-state index is 6.24. The zero-order valence-corrected chi connectivity index (χ0v) is 16.9. The summed E-state index contributed by atoms with van der Waals surface area (Å²) in [6, 6.07) is 13.9. The second-order valence-corrected chi connectivity index (χ2v) is 7.09. The van der Waals surface area contributed by atoms with Gasteiger partial charge in [-0.05, 0) is 29.3 Å². The van der Waals surface area contributed by atoms with Gasteiger partial charge in [0.25, 0.3) is 0 Å². The van der Waals surface area contributed by atoms with Crippen LogP contribution in [0.4, 0.5) is 5.69 Å². The van der Waals surface area contributed by atoms with E-state index in [0.29, 0.717) is 23.1 Å². The molecule has 0 aromatic heterocycles. The Morgan fingerprint density at radius 2 is 1.74 bits per heavy atom.